The van der Waals surface area contributed by atoms with E-state index in [0.29, 0.717) is 0 Å². The minimum absolute atomic E-state index is 0.0528. The van der Waals surface area contributed by atoms with Crippen LogP contribution in [0.25, 0.3) is 0 Å². The molecule has 0 radical (unpaired) electrons. The van der Waals surface area contributed by atoms with Gasteiger partial charge in [0.25, 0.3) is 0 Å². The van der Waals surface area contributed by atoms with E-state index < -0.39 is 23.7 Å². The molecule has 0 amide bonds. The van der Waals surface area contributed by atoms with Crippen LogP contribution in [0.4, 0.5) is 4.79 Å². The van der Waals surface area contributed by atoms with E-state index in [1.165, 1.54) is 0 Å². The van der Waals surface area contributed by atoms with Crippen molar-refractivity contribution >= 4 is 12.1 Å². The van der Waals surface area contributed by atoms with Crippen molar-refractivity contribution in [1.82, 2.24) is 0 Å². The molecule has 8 heteroatoms. The van der Waals surface area contributed by atoms with Crippen LogP contribution in [0.15, 0.2) is 12.7 Å². The molecule has 24 heavy (non-hydrogen) atoms. The fraction of sp³-hybridized carbons (Fsp3) is 0.750. The van der Waals surface area contributed by atoms with Crippen molar-refractivity contribution in [3.63, 3.8) is 0 Å². The number of rotatable bonds is 9. The number of esters is 1. The summed E-state index contributed by atoms with van der Waals surface area (Å²) in [6.07, 6.45) is 0.904. The Morgan fingerprint density at radius 1 is 1.25 bits per heavy atom. The minimum atomic E-state index is -1.69. The molecule has 1 aliphatic rings. The maximum Gasteiger partial charge on any atom is 0.513 e. The van der Waals surface area contributed by atoms with Gasteiger partial charge in [0.1, 0.15) is 12.2 Å². The van der Waals surface area contributed by atoms with Crippen LogP contribution in [-0.2, 0) is 33.5 Å². The molecule has 1 rings (SSSR count). The fourth-order valence-corrected chi connectivity index (χ4v) is 1.62. The van der Waals surface area contributed by atoms with Crippen LogP contribution in [0.3, 0.4) is 0 Å². The second kappa shape index (κ2) is 7.96. The molecular formula is C16H26O8. The van der Waals surface area contributed by atoms with Gasteiger partial charge in [-0.05, 0) is 20.3 Å². The predicted octanol–water partition coefficient (Wildman–Crippen LogP) is 2.72. The lowest BCUT2D eigenvalue weighted by Crippen LogP contribution is -2.55. The van der Waals surface area contributed by atoms with Gasteiger partial charge in [-0.25, -0.2) is 14.5 Å². The van der Waals surface area contributed by atoms with Gasteiger partial charge in [0.15, 0.2) is 6.61 Å². The van der Waals surface area contributed by atoms with E-state index in [2.05, 4.69) is 11.5 Å². The standard InChI is InChI=1S/C16H26O8/c1-7-12(17)19-9-10-20-16(11-21-24-16)23-13(18)22-15(5,6)14(3,4)8-2/h7H,1,8-11H2,2-6H3. The first kappa shape index (κ1) is 20.4. The molecule has 1 heterocycles. The molecule has 1 atom stereocenters. The monoisotopic (exact) mass is 346 g/mol. The first-order valence-corrected chi connectivity index (χ1v) is 7.73. The normalized spacial score (nSPS) is 20.7. The smallest absolute Gasteiger partial charge is 0.460 e. The second-order valence-corrected chi connectivity index (χ2v) is 6.45. The van der Waals surface area contributed by atoms with Crippen molar-refractivity contribution in [2.24, 2.45) is 5.41 Å². The molecule has 0 bridgehead atoms. The van der Waals surface area contributed by atoms with Crippen LogP contribution in [0, 0.1) is 5.41 Å². The lowest BCUT2D eigenvalue weighted by atomic mass is 9.75. The van der Waals surface area contributed by atoms with E-state index in [4.69, 9.17) is 23.8 Å². The lowest BCUT2D eigenvalue weighted by Gasteiger charge is -2.41. The van der Waals surface area contributed by atoms with Crippen molar-refractivity contribution in [1.29, 1.82) is 0 Å². The number of carbonyl (C=O) groups excluding carboxylic acids is 2. The summed E-state index contributed by atoms with van der Waals surface area (Å²) in [5.74, 6) is -2.27. The van der Waals surface area contributed by atoms with Crippen molar-refractivity contribution in [3.05, 3.63) is 12.7 Å². The third-order valence-electron chi connectivity index (χ3n) is 4.33. The summed E-state index contributed by atoms with van der Waals surface area (Å²) in [7, 11) is 0. The highest BCUT2D eigenvalue weighted by atomic mass is 17.3. The molecule has 0 N–H and O–H groups in total. The minimum Gasteiger partial charge on any atom is -0.460 e. The lowest BCUT2D eigenvalue weighted by molar-refractivity contribution is -0.597. The quantitative estimate of drug-likeness (QED) is 0.207. The Hall–Kier alpha value is -1.64. The molecule has 0 saturated carbocycles. The van der Waals surface area contributed by atoms with Gasteiger partial charge in [0.05, 0.1) is 6.61 Å². The maximum absolute atomic E-state index is 12.1. The number of ether oxygens (including phenoxy) is 4. The third kappa shape index (κ3) is 5.19. The third-order valence-corrected chi connectivity index (χ3v) is 4.33. The maximum atomic E-state index is 12.1. The molecule has 1 aliphatic heterocycles. The van der Waals surface area contributed by atoms with Gasteiger partial charge in [-0.3, -0.25) is 0 Å². The van der Waals surface area contributed by atoms with Gasteiger partial charge in [-0.1, -0.05) is 27.4 Å². The summed E-state index contributed by atoms with van der Waals surface area (Å²) >= 11 is 0. The van der Waals surface area contributed by atoms with Crippen molar-refractivity contribution in [3.8, 4) is 0 Å². The van der Waals surface area contributed by atoms with Gasteiger partial charge in [0.2, 0.25) is 0 Å². The SMILES string of the molecule is C=CC(=O)OCCOC1(OC(=O)OC(C)(C)C(C)(C)CC)COO1. The Balaban J connectivity index is 2.50. The molecule has 8 nitrogen and oxygen atoms in total. The van der Waals surface area contributed by atoms with Gasteiger partial charge in [-0.15, -0.1) is 0 Å². The fourth-order valence-electron chi connectivity index (χ4n) is 1.62. The van der Waals surface area contributed by atoms with E-state index >= 15 is 0 Å². The van der Waals surface area contributed by atoms with E-state index in [9.17, 15) is 9.59 Å². The van der Waals surface area contributed by atoms with Gasteiger partial charge >= 0.3 is 18.1 Å². The summed E-state index contributed by atoms with van der Waals surface area (Å²) < 4.78 is 20.5. The molecule has 1 fully saturated rings. The van der Waals surface area contributed by atoms with Crippen LogP contribution in [0.2, 0.25) is 0 Å². The first-order valence-electron chi connectivity index (χ1n) is 7.73. The van der Waals surface area contributed by atoms with E-state index in [-0.39, 0.29) is 25.2 Å². The number of hydrogen-bond donors (Lipinski definition) is 0. The molecule has 0 aromatic rings. The zero-order valence-corrected chi connectivity index (χ0v) is 14.9. The summed E-state index contributed by atoms with van der Waals surface area (Å²) in [5, 5.41) is 0. The van der Waals surface area contributed by atoms with E-state index in [1.807, 2.05) is 20.8 Å². The zero-order valence-electron chi connectivity index (χ0n) is 14.9. The number of carbonyl (C=O) groups is 2. The molecule has 0 aromatic heterocycles. The Morgan fingerprint density at radius 2 is 1.88 bits per heavy atom. The average molecular weight is 346 g/mol. The van der Waals surface area contributed by atoms with Crippen molar-refractivity contribution < 1.29 is 38.3 Å². The Kier molecular flexibility index (Phi) is 6.76. The Morgan fingerprint density at radius 3 is 2.33 bits per heavy atom. The molecule has 0 aromatic carbocycles. The molecule has 1 saturated heterocycles. The van der Waals surface area contributed by atoms with Crippen LogP contribution in [-0.4, -0.2) is 43.5 Å². The van der Waals surface area contributed by atoms with Gasteiger partial charge in [0, 0.05) is 11.5 Å². The Labute approximate surface area is 141 Å². The highest BCUT2D eigenvalue weighted by molar-refractivity contribution is 5.81. The van der Waals surface area contributed by atoms with E-state index in [0.717, 1.165) is 12.5 Å². The summed E-state index contributed by atoms with van der Waals surface area (Å²) in [6.45, 7) is 12.6. The number of hydrogen-bond acceptors (Lipinski definition) is 8. The van der Waals surface area contributed by atoms with Crippen LogP contribution >= 0.6 is 0 Å². The zero-order chi connectivity index (χ0) is 18.4. The average Bonchev–Trinajstić information content (AvgIpc) is 2.47. The van der Waals surface area contributed by atoms with Crippen molar-refractivity contribution in [2.75, 3.05) is 19.8 Å². The van der Waals surface area contributed by atoms with Crippen molar-refractivity contribution in [2.45, 2.75) is 52.6 Å². The molecule has 138 valence electrons. The summed E-state index contributed by atoms with van der Waals surface area (Å²) in [4.78, 5) is 32.3. The predicted molar refractivity (Wildman–Crippen MR) is 82.6 cm³/mol. The highest BCUT2D eigenvalue weighted by Gasteiger charge is 2.50. The topological polar surface area (TPSA) is 89.5 Å². The van der Waals surface area contributed by atoms with Gasteiger partial charge < -0.3 is 18.9 Å². The second-order valence-electron chi connectivity index (χ2n) is 6.45. The largest absolute Gasteiger partial charge is 0.513 e. The first-order chi connectivity index (χ1) is 11.1. The summed E-state index contributed by atoms with van der Waals surface area (Å²) in [5.41, 5.74) is -1.01. The molecule has 0 spiro atoms. The van der Waals surface area contributed by atoms with Crippen LogP contribution in [0.1, 0.15) is 41.0 Å². The summed E-state index contributed by atoms with van der Waals surface area (Å²) in [6, 6.07) is 0. The molecular weight excluding hydrogens is 320 g/mol. The molecule has 0 aliphatic carbocycles. The molecule has 1 unspecified atom stereocenters. The van der Waals surface area contributed by atoms with Crippen LogP contribution in [0.5, 0.6) is 0 Å². The van der Waals surface area contributed by atoms with E-state index in [1.54, 1.807) is 13.8 Å². The highest BCUT2D eigenvalue weighted by Crippen LogP contribution is 2.37. The van der Waals surface area contributed by atoms with Gasteiger partial charge in [-0.2, -0.15) is 4.89 Å². The Bertz CT molecular complexity index is 465. The van der Waals surface area contributed by atoms with Crippen LogP contribution < -0.4 is 0 Å².